The van der Waals surface area contributed by atoms with E-state index in [1.807, 2.05) is 12.1 Å². The second kappa shape index (κ2) is 7.53. The number of urea groups is 1. The van der Waals surface area contributed by atoms with Gasteiger partial charge >= 0.3 is 6.03 Å². The van der Waals surface area contributed by atoms with Crippen LogP contribution >= 0.6 is 11.6 Å². The largest absolute Gasteiger partial charge is 0.468 e. The van der Waals surface area contributed by atoms with Crippen LogP contribution in [0.15, 0.2) is 47.1 Å². The molecule has 122 valence electrons. The quantitative estimate of drug-likeness (QED) is 0.872. The Balaban J connectivity index is 1.57. The van der Waals surface area contributed by atoms with Gasteiger partial charge in [0, 0.05) is 17.3 Å². The molecule has 1 fully saturated rings. The number of hydrogen-bond acceptors (Lipinski definition) is 3. The number of carbonyl (C=O) groups is 1. The highest BCUT2D eigenvalue weighted by Crippen LogP contribution is 2.24. The number of furan rings is 1. The fourth-order valence-electron chi connectivity index (χ4n) is 2.84. The molecule has 0 aliphatic carbocycles. The minimum atomic E-state index is -0.233. The summed E-state index contributed by atoms with van der Waals surface area (Å²) in [5.74, 6) is 0.888. The lowest BCUT2D eigenvalue weighted by Crippen LogP contribution is -2.38. The normalized spacial score (nSPS) is 16.2. The summed E-state index contributed by atoms with van der Waals surface area (Å²) in [6, 6.07) is 10.7. The average Bonchev–Trinajstić information content (AvgIpc) is 3.24. The Morgan fingerprint density at radius 2 is 1.96 bits per heavy atom. The third kappa shape index (κ3) is 4.27. The molecule has 2 heterocycles. The molecule has 1 atom stereocenters. The number of anilines is 1. The predicted molar refractivity (Wildman–Crippen MR) is 90.7 cm³/mol. The molecule has 2 N–H and O–H groups in total. The first-order valence-corrected chi connectivity index (χ1v) is 8.18. The Labute approximate surface area is 140 Å². The Morgan fingerprint density at radius 3 is 2.61 bits per heavy atom. The lowest BCUT2D eigenvalue weighted by Gasteiger charge is -2.26. The van der Waals surface area contributed by atoms with E-state index in [1.165, 1.54) is 12.8 Å². The fourth-order valence-corrected chi connectivity index (χ4v) is 2.97. The molecule has 1 aromatic heterocycles. The van der Waals surface area contributed by atoms with E-state index in [-0.39, 0.29) is 12.1 Å². The van der Waals surface area contributed by atoms with E-state index in [0.29, 0.717) is 17.3 Å². The van der Waals surface area contributed by atoms with Crippen LogP contribution in [0.5, 0.6) is 0 Å². The summed E-state index contributed by atoms with van der Waals surface area (Å²) in [5, 5.41) is 6.37. The molecule has 23 heavy (non-hydrogen) atoms. The molecule has 1 aliphatic heterocycles. The van der Waals surface area contributed by atoms with Crippen LogP contribution in [0.1, 0.15) is 24.6 Å². The molecule has 6 heteroatoms. The van der Waals surface area contributed by atoms with Gasteiger partial charge in [0.2, 0.25) is 0 Å². The van der Waals surface area contributed by atoms with E-state index in [1.54, 1.807) is 30.5 Å². The fraction of sp³-hybridized carbons (Fsp3) is 0.353. The van der Waals surface area contributed by atoms with E-state index in [2.05, 4.69) is 15.5 Å². The van der Waals surface area contributed by atoms with Gasteiger partial charge in [-0.25, -0.2) is 4.79 Å². The zero-order valence-electron chi connectivity index (χ0n) is 12.8. The molecular weight excluding hydrogens is 314 g/mol. The van der Waals surface area contributed by atoms with E-state index in [0.717, 1.165) is 18.8 Å². The van der Waals surface area contributed by atoms with Crippen LogP contribution in [-0.2, 0) is 0 Å². The molecule has 0 bridgehead atoms. The average molecular weight is 334 g/mol. The van der Waals surface area contributed by atoms with Crippen molar-refractivity contribution in [2.75, 3.05) is 25.0 Å². The number of amides is 2. The second-order valence-electron chi connectivity index (χ2n) is 5.62. The van der Waals surface area contributed by atoms with E-state index in [4.69, 9.17) is 16.0 Å². The third-order valence-corrected chi connectivity index (χ3v) is 4.26. The van der Waals surface area contributed by atoms with Gasteiger partial charge in [0.15, 0.2) is 0 Å². The van der Waals surface area contributed by atoms with Gasteiger partial charge in [0.1, 0.15) is 5.76 Å². The van der Waals surface area contributed by atoms with Crippen LogP contribution in [0.2, 0.25) is 5.02 Å². The number of benzene rings is 1. The number of carbonyl (C=O) groups excluding carboxylic acids is 1. The zero-order chi connectivity index (χ0) is 16.1. The maximum absolute atomic E-state index is 12.1. The van der Waals surface area contributed by atoms with E-state index in [9.17, 15) is 4.79 Å². The summed E-state index contributed by atoms with van der Waals surface area (Å²) >= 11 is 5.84. The number of nitrogens with one attached hydrogen (secondary N) is 2. The molecule has 0 spiro atoms. The van der Waals surface area contributed by atoms with Gasteiger partial charge in [0.25, 0.3) is 0 Å². The molecule has 1 aliphatic rings. The molecule has 2 amide bonds. The highest BCUT2D eigenvalue weighted by atomic mass is 35.5. The molecular formula is C17H20ClN3O2. The van der Waals surface area contributed by atoms with Crippen molar-refractivity contribution in [3.05, 3.63) is 53.4 Å². The van der Waals surface area contributed by atoms with Crippen molar-refractivity contribution >= 4 is 23.3 Å². The highest BCUT2D eigenvalue weighted by molar-refractivity contribution is 6.30. The van der Waals surface area contributed by atoms with Crippen LogP contribution in [0, 0.1) is 0 Å². The van der Waals surface area contributed by atoms with Crippen molar-refractivity contribution in [3.8, 4) is 0 Å². The van der Waals surface area contributed by atoms with E-state index < -0.39 is 0 Å². The Bertz CT molecular complexity index is 622. The molecule has 1 saturated heterocycles. The van der Waals surface area contributed by atoms with Crippen molar-refractivity contribution in [2.45, 2.75) is 18.9 Å². The Morgan fingerprint density at radius 1 is 1.22 bits per heavy atom. The number of likely N-dealkylation sites (tertiary alicyclic amines) is 1. The van der Waals surface area contributed by atoms with Crippen molar-refractivity contribution < 1.29 is 9.21 Å². The molecule has 1 unspecified atom stereocenters. The second-order valence-corrected chi connectivity index (χ2v) is 6.05. The van der Waals surface area contributed by atoms with Crippen LogP contribution in [0.4, 0.5) is 10.5 Å². The van der Waals surface area contributed by atoms with Crippen LogP contribution in [0.25, 0.3) is 0 Å². The lowest BCUT2D eigenvalue weighted by molar-refractivity contribution is 0.207. The first kappa shape index (κ1) is 15.9. The number of halogens is 1. The standard InChI is InChI=1S/C17H20ClN3O2/c18-13-5-7-14(8-6-13)20-17(22)19-12-15(16-4-3-11-23-16)21-9-1-2-10-21/h3-8,11,15H,1-2,9-10,12H2,(H2,19,20,22). The topological polar surface area (TPSA) is 57.5 Å². The third-order valence-electron chi connectivity index (χ3n) is 4.01. The first-order valence-electron chi connectivity index (χ1n) is 7.80. The smallest absolute Gasteiger partial charge is 0.319 e. The van der Waals surface area contributed by atoms with Crippen LogP contribution in [-0.4, -0.2) is 30.6 Å². The highest BCUT2D eigenvalue weighted by Gasteiger charge is 2.25. The lowest BCUT2D eigenvalue weighted by atomic mass is 10.2. The number of nitrogens with zero attached hydrogens (tertiary/aromatic N) is 1. The number of rotatable bonds is 5. The van der Waals surface area contributed by atoms with Gasteiger partial charge in [-0.2, -0.15) is 0 Å². The zero-order valence-corrected chi connectivity index (χ0v) is 13.6. The molecule has 1 aromatic carbocycles. The van der Waals surface area contributed by atoms with Gasteiger partial charge in [-0.1, -0.05) is 11.6 Å². The minimum Gasteiger partial charge on any atom is -0.468 e. The van der Waals surface area contributed by atoms with Crippen molar-refractivity contribution in [1.29, 1.82) is 0 Å². The molecule has 2 aromatic rings. The Hall–Kier alpha value is -1.98. The van der Waals surface area contributed by atoms with Gasteiger partial charge in [-0.3, -0.25) is 4.90 Å². The predicted octanol–water partition coefficient (Wildman–Crippen LogP) is 3.89. The minimum absolute atomic E-state index is 0.0727. The summed E-state index contributed by atoms with van der Waals surface area (Å²) in [6.45, 7) is 2.57. The Kier molecular flexibility index (Phi) is 5.20. The monoisotopic (exact) mass is 333 g/mol. The summed E-state index contributed by atoms with van der Waals surface area (Å²) in [6.07, 6.45) is 4.05. The molecule has 0 radical (unpaired) electrons. The summed E-state index contributed by atoms with van der Waals surface area (Å²) in [4.78, 5) is 14.4. The molecule has 3 rings (SSSR count). The molecule has 5 nitrogen and oxygen atoms in total. The molecule has 0 saturated carbocycles. The first-order chi connectivity index (χ1) is 11.2. The van der Waals surface area contributed by atoms with Crippen LogP contribution in [0.3, 0.4) is 0 Å². The summed E-state index contributed by atoms with van der Waals surface area (Å²) in [5.41, 5.74) is 0.711. The van der Waals surface area contributed by atoms with Crippen LogP contribution < -0.4 is 10.6 Å². The van der Waals surface area contributed by atoms with Crippen molar-refractivity contribution in [1.82, 2.24) is 10.2 Å². The SMILES string of the molecule is O=C(NCC(c1ccco1)N1CCCC1)Nc1ccc(Cl)cc1. The summed E-state index contributed by atoms with van der Waals surface area (Å²) < 4.78 is 5.54. The maximum atomic E-state index is 12.1. The van der Waals surface area contributed by atoms with Gasteiger partial charge in [-0.05, 0) is 62.3 Å². The summed E-state index contributed by atoms with van der Waals surface area (Å²) in [7, 11) is 0. The van der Waals surface area contributed by atoms with Crippen molar-refractivity contribution in [3.63, 3.8) is 0 Å². The van der Waals surface area contributed by atoms with E-state index >= 15 is 0 Å². The van der Waals surface area contributed by atoms with Gasteiger partial charge in [0.05, 0.1) is 12.3 Å². The van der Waals surface area contributed by atoms with Gasteiger partial charge < -0.3 is 15.1 Å². The maximum Gasteiger partial charge on any atom is 0.319 e. The van der Waals surface area contributed by atoms with Gasteiger partial charge in [-0.15, -0.1) is 0 Å². The van der Waals surface area contributed by atoms with Crippen molar-refractivity contribution in [2.24, 2.45) is 0 Å². The number of hydrogen-bond donors (Lipinski definition) is 2.